The molecule has 1 unspecified atom stereocenters. The number of hydrogen-bond donors (Lipinski definition) is 0. The van der Waals surface area contributed by atoms with Gasteiger partial charge in [-0.3, -0.25) is 4.98 Å². The molecule has 2 aromatic heterocycles. The zero-order valence-electron chi connectivity index (χ0n) is 12.6. The fraction of sp³-hybridized carbons (Fsp3) is 0.438. The first-order valence-corrected chi connectivity index (χ1v) is 8.27. The van der Waals surface area contributed by atoms with E-state index < -0.39 is 0 Å². The van der Waals surface area contributed by atoms with Gasteiger partial charge in [0.1, 0.15) is 5.82 Å². The molecule has 0 spiro atoms. The highest BCUT2D eigenvalue weighted by atomic mass is 79.9. The summed E-state index contributed by atoms with van der Waals surface area (Å²) in [5.41, 5.74) is 1.20. The SMILES string of the molecule is Cc1cc(Br)cnc1N1CCCC(COc2cnccn2)C1. The van der Waals surface area contributed by atoms with Crippen LogP contribution < -0.4 is 9.64 Å². The van der Waals surface area contributed by atoms with Crippen molar-refractivity contribution in [2.24, 2.45) is 5.92 Å². The third-order valence-electron chi connectivity index (χ3n) is 3.84. The summed E-state index contributed by atoms with van der Waals surface area (Å²) in [7, 11) is 0. The molecule has 1 aliphatic rings. The molecule has 1 saturated heterocycles. The van der Waals surface area contributed by atoms with E-state index in [1.807, 2.05) is 6.20 Å². The Balaban J connectivity index is 1.61. The molecule has 3 heterocycles. The number of rotatable bonds is 4. The monoisotopic (exact) mass is 362 g/mol. The van der Waals surface area contributed by atoms with Gasteiger partial charge in [-0.1, -0.05) is 0 Å². The first-order chi connectivity index (χ1) is 10.7. The first kappa shape index (κ1) is 15.2. The maximum atomic E-state index is 5.75. The van der Waals surface area contributed by atoms with Crippen molar-refractivity contribution in [3.05, 3.63) is 40.9 Å². The first-order valence-electron chi connectivity index (χ1n) is 7.48. The van der Waals surface area contributed by atoms with Gasteiger partial charge in [-0.05, 0) is 47.3 Å². The molecule has 5 nitrogen and oxygen atoms in total. The normalized spacial score (nSPS) is 18.3. The second kappa shape index (κ2) is 7.05. The number of anilines is 1. The van der Waals surface area contributed by atoms with Crippen molar-refractivity contribution in [3.8, 4) is 5.88 Å². The lowest BCUT2D eigenvalue weighted by molar-refractivity contribution is 0.220. The van der Waals surface area contributed by atoms with Crippen LogP contribution in [-0.4, -0.2) is 34.6 Å². The van der Waals surface area contributed by atoms with Crippen LogP contribution in [0.15, 0.2) is 35.3 Å². The van der Waals surface area contributed by atoms with Crippen LogP contribution in [0.1, 0.15) is 18.4 Å². The Kier molecular flexibility index (Phi) is 4.87. The Morgan fingerprint density at radius 1 is 1.32 bits per heavy atom. The van der Waals surface area contributed by atoms with Crippen LogP contribution in [-0.2, 0) is 0 Å². The summed E-state index contributed by atoms with van der Waals surface area (Å²) in [5, 5.41) is 0. The Labute approximate surface area is 138 Å². The van der Waals surface area contributed by atoms with Crippen molar-refractivity contribution >= 4 is 21.7 Å². The van der Waals surface area contributed by atoms with Crippen LogP contribution in [0.5, 0.6) is 5.88 Å². The molecule has 116 valence electrons. The summed E-state index contributed by atoms with van der Waals surface area (Å²) in [6, 6.07) is 2.11. The zero-order valence-corrected chi connectivity index (χ0v) is 14.2. The Morgan fingerprint density at radius 3 is 3.00 bits per heavy atom. The predicted molar refractivity (Wildman–Crippen MR) is 89.1 cm³/mol. The number of halogens is 1. The van der Waals surface area contributed by atoms with E-state index in [2.05, 4.69) is 48.8 Å². The van der Waals surface area contributed by atoms with Crippen molar-refractivity contribution in [1.29, 1.82) is 0 Å². The van der Waals surface area contributed by atoms with Gasteiger partial charge in [-0.25, -0.2) is 9.97 Å². The number of hydrogen-bond acceptors (Lipinski definition) is 5. The largest absolute Gasteiger partial charge is 0.476 e. The molecule has 0 N–H and O–H groups in total. The second-order valence-electron chi connectivity index (χ2n) is 5.60. The van der Waals surface area contributed by atoms with Gasteiger partial charge in [0.2, 0.25) is 5.88 Å². The van der Waals surface area contributed by atoms with E-state index in [1.165, 1.54) is 12.0 Å². The van der Waals surface area contributed by atoms with Gasteiger partial charge < -0.3 is 9.64 Å². The van der Waals surface area contributed by atoms with Gasteiger partial charge in [0.05, 0.1) is 12.8 Å². The molecular formula is C16H19BrN4O. The number of aryl methyl sites for hydroxylation is 1. The van der Waals surface area contributed by atoms with Gasteiger partial charge in [-0.2, -0.15) is 0 Å². The third-order valence-corrected chi connectivity index (χ3v) is 4.28. The minimum Gasteiger partial charge on any atom is -0.476 e. The Hall–Kier alpha value is -1.69. The zero-order chi connectivity index (χ0) is 15.4. The minimum atomic E-state index is 0.487. The topological polar surface area (TPSA) is 51.1 Å². The van der Waals surface area contributed by atoms with Gasteiger partial charge in [-0.15, -0.1) is 0 Å². The smallest absolute Gasteiger partial charge is 0.232 e. The van der Waals surface area contributed by atoms with Crippen molar-refractivity contribution in [1.82, 2.24) is 15.0 Å². The molecule has 0 radical (unpaired) electrons. The van der Waals surface area contributed by atoms with Crippen LogP contribution in [0, 0.1) is 12.8 Å². The molecule has 2 aromatic rings. The van der Waals surface area contributed by atoms with E-state index in [1.54, 1.807) is 18.6 Å². The van der Waals surface area contributed by atoms with Crippen molar-refractivity contribution in [2.75, 3.05) is 24.6 Å². The predicted octanol–water partition coefficient (Wildman–Crippen LogP) is 3.24. The number of ether oxygens (including phenoxy) is 1. The molecule has 1 aliphatic heterocycles. The van der Waals surface area contributed by atoms with E-state index in [-0.39, 0.29) is 0 Å². The second-order valence-corrected chi connectivity index (χ2v) is 6.52. The lowest BCUT2D eigenvalue weighted by Crippen LogP contribution is -2.38. The van der Waals surface area contributed by atoms with Gasteiger partial charge in [0.25, 0.3) is 0 Å². The minimum absolute atomic E-state index is 0.487. The van der Waals surface area contributed by atoms with Gasteiger partial charge in [0.15, 0.2) is 0 Å². The van der Waals surface area contributed by atoms with Gasteiger partial charge in [0, 0.05) is 42.1 Å². The highest BCUT2D eigenvalue weighted by molar-refractivity contribution is 9.10. The van der Waals surface area contributed by atoms with Gasteiger partial charge >= 0.3 is 0 Å². The van der Waals surface area contributed by atoms with Crippen molar-refractivity contribution < 1.29 is 4.74 Å². The standard InChI is InChI=1S/C16H19BrN4O/c1-12-7-14(17)8-20-16(12)21-6-2-3-13(10-21)11-22-15-9-18-4-5-19-15/h4-5,7-9,13H,2-3,6,10-11H2,1H3. The van der Waals surface area contributed by atoms with Crippen LogP contribution in [0.2, 0.25) is 0 Å². The lowest BCUT2D eigenvalue weighted by Gasteiger charge is -2.34. The van der Waals surface area contributed by atoms with E-state index in [0.29, 0.717) is 18.4 Å². The summed E-state index contributed by atoms with van der Waals surface area (Å²) >= 11 is 3.47. The van der Waals surface area contributed by atoms with Crippen LogP contribution >= 0.6 is 15.9 Å². The fourth-order valence-corrected chi connectivity index (χ4v) is 3.27. The molecule has 0 bridgehead atoms. The third kappa shape index (κ3) is 3.74. The lowest BCUT2D eigenvalue weighted by atomic mass is 9.98. The number of aromatic nitrogens is 3. The summed E-state index contributed by atoms with van der Waals surface area (Å²) in [6.45, 7) is 4.80. The number of pyridine rings is 1. The summed E-state index contributed by atoms with van der Waals surface area (Å²) < 4.78 is 6.77. The number of nitrogens with zero attached hydrogens (tertiary/aromatic N) is 4. The van der Waals surface area contributed by atoms with E-state index in [4.69, 9.17) is 4.74 Å². The molecule has 3 rings (SSSR count). The maximum Gasteiger partial charge on any atom is 0.232 e. The molecule has 1 fully saturated rings. The molecular weight excluding hydrogens is 344 g/mol. The Morgan fingerprint density at radius 2 is 2.23 bits per heavy atom. The highest BCUT2D eigenvalue weighted by Gasteiger charge is 2.22. The summed E-state index contributed by atoms with van der Waals surface area (Å²) in [6.07, 6.45) is 9.15. The van der Waals surface area contributed by atoms with Crippen LogP contribution in [0.4, 0.5) is 5.82 Å². The molecule has 22 heavy (non-hydrogen) atoms. The average Bonchev–Trinajstić information content (AvgIpc) is 2.54. The Bertz CT molecular complexity index is 623. The summed E-state index contributed by atoms with van der Waals surface area (Å²) in [5.74, 6) is 2.16. The molecule has 1 atom stereocenters. The van der Waals surface area contributed by atoms with Crippen molar-refractivity contribution in [2.45, 2.75) is 19.8 Å². The maximum absolute atomic E-state index is 5.75. The quantitative estimate of drug-likeness (QED) is 0.835. The number of piperidine rings is 1. The van der Waals surface area contributed by atoms with Crippen molar-refractivity contribution in [3.63, 3.8) is 0 Å². The van der Waals surface area contributed by atoms with E-state index in [0.717, 1.165) is 29.8 Å². The molecule has 0 aromatic carbocycles. The molecule has 0 amide bonds. The average molecular weight is 363 g/mol. The van der Waals surface area contributed by atoms with Crippen LogP contribution in [0.3, 0.4) is 0 Å². The fourth-order valence-electron chi connectivity index (χ4n) is 2.82. The molecule has 6 heteroatoms. The van der Waals surface area contributed by atoms with E-state index >= 15 is 0 Å². The highest BCUT2D eigenvalue weighted by Crippen LogP contribution is 2.26. The van der Waals surface area contributed by atoms with Crippen LogP contribution in [0.25, 0.3) is 0 Å². The molecule has 0 aliphatic carbocycles. The summed E-state index contributed by atoms with van der Waals surface area (Å²) in [4.78, 5) is 15.1. The van der Waals surface area contributed by atoms with E-state index in [9.17, 15) is 0 Å². The molecule has 0 saturated carbocycles.